The van der Waals surface area contributed by atoms with Crippen LogP contribution in [-0.2, 0) is 0 Å². The van der Waals surface area contributed by atoms with Crippen molar-refractivity contribution in [2.45, 2.75) is 39.2 Å². The number of nitrogens with zero attached hydrogens (tertiary/aromatic N) is 1. The van der Waals surface area contributed by atoms with E-state index in [9.17, 15) is 0 Å². The Kier molecular flexibility index (Phi) is 3.45. The van der Waals surface area contributed by atoms with Gasteiger partial charge in [0, 0.05) is 12.6 Å². The van der Waals surface area contributed by atoms with Crippen molar-refractivity contribution in [2.24, 2.45) is 11.8 Å². The van der Waals surface area contributed by atoms with Crippen LogP contribution >= 0.6 is 0 Å². The predicted molar refractivity (Wildman–Crippen MR) is 60.4 cm³/mol. The molecule has 2 aliphatic rings. The van der Waals surface area contributed by atoms with Crippen LogP contribution in [0.3, 0.4) is 0 Å². The molecule has 1 N–H and O–H groups in total. The zero-order valence-electron chi connectivity index (χ0n) is 9.63. The molecular weight excluding hydrogens is 172 g/mol. The average Bonchev–Trinajstić information content (AvgIpc) is 2.23. The lowest BCUT2D eigenvalue weighted by Crippen LogP contribution is -2.48. The quantitative estimate of drug-likeness (QED) is 0.687. The van der Waals surface area contributed by atoms with Gasteiger partial charge in [-0.1, -0.05) is 13.8 Å². The van der Waals surface area contributed by atoms with Crippen molar-refractivity contribution < 1.29 is 0 Å². The van der Waals surface area contributed by atoms with Crippen molar-refractivity contribution in [1.29, 1.82) is 0 Å². The number of rotatable bonds is 1. The van der Waals surface area contributed by atoms with E-state index in [1.807, 2.05) is 0 Å². The van der Waals surface area contributed by atoms with E-state index in [0.717, 1.165) is 17.9 Å². The molecule has 82 valence electrons. The summed E-state index contributed by atoms with van der Waals surface area (Å²) in [6.45, 7) is 9.96. The molecule has 2 aliphatic heterocycles. The third-order valence-corrected chi connectivity index (χ3v) is 4.19. The first-order chi connectivity index (χ1) is 6.77. The number of likely N-dealkylation sites (tertiary alicyclic amines) is 1. The molecule has 2 nitrogen and oxygen atoms in total. The molecule has 0 bridgehead atoms. The van der Waals surface area contributed by atoms with Gasteiger partial charge in [-0.2, -0.15) is 0 Å². The molecule has 2 unspecified atom stereocenters. The zero-order valence-corrected chi connectivity index (χ0v) is 9.63. The molecule has 0 aromatic rings. The first-order valence-corrected chi connectivity index (χ1v) is 6.22. The van der Waals surface area contributed by atoms with E-state index in [1.54, 1.807) is 0 Å². The summed E-state index contributed by atoms with van der Waals surface area (Å²) < 4.78 is 0. The fourth-order valence-corrected chi connectivity index (χ4v) is 2.80. The Hall–Kier alpha value is -0.0800. The van der Waals surface area contributed by atoms with Gasteiger partial charge in [-0.15, -0.1) is 0 Å². The standard InChI is InChI=1S/C12H24N2/c1-10-5-8-14(9-11(10)2)12-3-6-13-7-4-12/h10-13H,3-9H2,1-2H3. The summed E-state index contributed by atoms with van der Waals surface area (Å²) in [5.74, 6) is 1.84. The Morgan fingerprint density at radius 2 is 1.71 bits per heavy atom. The van der Waals surface area contributed by atoms with Crippen LogP contribution in [0.15, 0.2) is 0 Å². The summed E-state index contributed by atoms with van der Waals surface area (Å²) in [4.78, 5) is 2.74. The van der Waals surface area contributed by atoms with Gasteiger partial charge in [0.25, 0.3) is 0 Å². The van der Waals surface area contributed by atoms with Crippen molar-refractivity contribution in [3.05, 3.63) is 0 Å². The first kappa shape index (κ1) is 10.4. The minimum Gasteiger partial charge on any atom is -0.317 e. The topological polar surface area (TPSA) is 15.3 Å². The van der Waals surface area contributed by atoms with E-state index in [1.165, 1.54) is 45.4 Å². The number of piperidine rings is 2. The van der Waals surface area contributed by atoms with E-state index in [4.69, 9.17) is 0 Å². The van der Waals surface area contributed by atoms with E-state index in [2.05, 4.69) is 24.1 Å². The fraction of sp³-hybridized carbons (Fsp3) is 1.00. The molecule has 2 saturated heterocycles. The van der Waals surface area contributed by atoms with Gasteiger partial charge in [0.05, 0.1) is 0 Å². The maximum atomic E-state index is 3.45. The Labute approximate surface area is 88.1 Å². The minimum atomic E-state index is 0.881. The van der Waals surface area contributed by atoms with Gasteiger partial charge < -0.3 is 10.2 Å². The monoisotopic (exact) mass is 196 g/mol. The highest BCUT2D eigenvalue weighted by molar-refractivity contribution is 4.83. The van der Waals surface area contributed by atoms with E-state index >= 15 is 0 Å². The van der Waals surface area contributed by atoms with Gasteiger partial charge in [0.1, 0.15) is 0 Å². The molecule has 0 aromatic heterocycles. The van der Waals surface area contributed by atoms with Gasteiger partial charge in [-0.05, 0) is 50.7 Å². The van der Waals surface area contributed by atoms with Crippen molar-refractivity contribution in [3.8, 4) is 0 Å². The van der Waals surface area contributed by atoms with Gasteiger partial charge in [0.2, 0.25) is 0 Å². The smallest absolute Gasteiger partial charge is 0.0119 e. The second-order valence-electron chi connectivity index (χ2n) is 5.22. The molecule has 0 radical (unpaired) electrons. The highest BCUT2D eigenvalue weighted by atomic mass is 15.2. The lowest BCUT2D eigenvalue weighted by molar-refractivity contribution is 0.0800. The third-order valence-electron chi connectivity index (χ3n) is 4.19. The van der Waals surface area contributed by atoms with Crippen LogP contribution in [-0.4, -0.2) is 37.1 Å². The Balaban J connectivity index is 1.85. The Morgan fingerprint density at radius 3 is 2.36 bits per heavy atom. The third kappa shape index (κ3) is 2.29. The number of nitrogens with one attached hydrogen (secondary N) is 1. The fourth-order valence-electron chi connectivity index (χ4n) is 2.80. The number of hydrogen-bond donors (Lipinski definition) is 1. The summed E-state index contributed by atoms with van der Waals surface area (Å²) in [5, 5.41) is 3.45. The molecule has 0 spiro atoms. The highest BCUT2D eigenvalue weighted by Crippen LogP contribution is 2.25. The molecule has 2 heterocycles. The van der Waals surface area contributed by atoms with Gasteiger partial charge in [-0.3, -0.25) is 0 Å². The SMILES string of the molecule is CC1CCN(C2CCNCC2)CC1C. The predicted octanol–water partition coefficient (Wildman–Crippen LogP) is 1.72. The summed E-state index contributed by atoms with van der Waals surface area (Å²) in [6.07, 6.45) is 4.13. The van der Waals surface area contributed by atoms with Gasteiger partial charge in [-0.25, -0.2) is 0 Å². The van der Waals surface area contributed by atoms with Crippen molar-refractivity contribution >= 4 is 0 Å². The summed E-state index contributed by atoms with van der Waals surface area (Å²) in [5.41, 5.74) is 0. The van der Waals surface area contributed by atoms with Crippen LogP contribution in [0.5, 0.6) is 0 Å². The van der Waals surface area contributed by atoms with Crippen LogP contribution < -0.4 is 5.32 Å². The molecule has 2 rings (SSSR count). The van der Waals surface area contributed by atoms with Gasteiger partial charge >= 0.3 is 0 Å². The molecule has 0 aliphatic carbocycles. The molecule has 0 saturated carbocycles. The molecule has 14 heavy (non-hydrogen) atoms. The molecule has 0 aromatic carbocycles. The molecule has 2 heteroatoms. The Bertz CT molecular complexity index is 175. The summed E-state index contributed by atoms with van der Waals surface area (Å²) >= 11 is 0. The molecular formula is C12H24N2. The Morgan fingerprint density at radius 1 is 1.00 bits per heavy atom. The van der Waals surface area contributed by atoms with Gasteiger partial charge in [0.15, 0.2) is 0 Å². The van der Waals surface area contributed by atoms with Crippen LogP contribution in [0.2, 0.25) is 0 Å². The van der Waals surface area contributed by atoms with E-state index in [0.29, 0.717) is 0 Å². The van der Waals surface area contributed by atoms with Crippen LogP contribution in [0, 0.1) is 11.8 Å². The van der Waals surface area contributed by atoms with Crippen LogP contribution in [0.1, 0.15) is 33.1 Å². The highest BCUT2D eigenvalue weighted by Gasteiger charge is 2.28. The zero-order chi connectivity index (χ0) is 9.97. The summed E-state index contributed by atoms with van der Waals surface area (Å²) in [7, 11) is 0. The largest absolute Gasteiger partial charge is 0.317 e. The first-order valence-electron chi connectivity index (χ1n) is 6.22. The van der Waals surface area contributed by atoms with E-state index < -0.39 is 0 Å². The van der Waals surface area contributed by atoms with Crippen LogP contribution in [0.25, 0.3) is 0 Å². The second-order valence-corrected chi connectivity index (χ2v) is 5.22. The van der Waals surface area contributed by atoms with E-state index in [-0.39, 0.29) is 0 Å². The molecule has 2 fully saturated rings. The molecule has 0 amide bonds. The van der Waals surface area contributed by atoms with Crippen molar-refractivity contribution in [3.63, 3.8) is 0 Å². The molecule has 2 atom stereocenters. The normalized spacial score (nSPS) is 37.3. The van der Waals surface area contributed by atoms with Crippen molar-refractivity contribution in [1.82, 2.24) is 10.2 Å². The average molecular weight is 196 g/mol. The second kappa shape index (κ2) is 4.63. The lowest BCUT2D eigenvalue weighted by atomic mass is 9.87. The lowest BCUT2D eigenvalue weighted by Gasteiger charge is -2.41. The maximum Gasteiger partial charge on any atom is 0.0119 e. The van der Waals surface area contributed by atoms with Crippen molar-refractivity contribution in [2.75, 3.05) is 26.2 Å². The summed E-state index contributed by atoms with van der Waals surface area (Å²) in [6, 6.07) is 0.881. The number of hydrogen-bond acceptors (Lipinski definition) is 2. The minimum absolute atomic E-state index is 0.881. The van der Waals surface area contributed by atoms with Crippen LogP contribution in [0.4, 0.5) is 0 Å². The maximum absolute atomic E-state index is 3.45.